The molecule has 3 amide bonds. The van der Waals surface area contributed by atoms with Crippen molar-refractivity contribution < 1.29 is 14.4 Å². The Kier molecular flexibility index (Phi) is 5.46. The lowest BCUT2D eigenvalue weighted by atomic mass is 10.2. The fourth-order valence-electron chi connectivity index (χ4n) is 3.02. The summed E-state index contributed by atoms with van der Waals surface area (Å²) in [6.45, 7) is 1.95. The zero-order valence-electron chi connectivity index (χ0n) is 15.5. The number of hydrogen-bond acceptors (Lipinski definition) is 6. The van der Waals surface area contributed by atoms with Crippen molar-refractivity contribution in [2.24, 2.45) is 0 Å². The highest BCUT2D eigenvalue weighted by Crippen LogP contribution is 2.35. The molecule has 3 aromatic rings. The summed E-state index contributed by atoms with van der Waals surface area (Å²) in [4.78, 5) is 44.0. The normalized spacial score (nSPS) is 16.3. The molecule has 1 fully saturated rings. The molecule has 29 heavy (non-hydrogen) atoms. The number of aryl methyl sites for hydroxylation is 1. The lowest BCUT2D eigenvalue weighted by Gasteiger charge is -2.15. The number of aromatic nitrogens is 1. The molecule has 146 valence electrons. The molecule has 0 bridgehead atoms. The van der Waals surface area contributed by atoms with Crippen LogP contribution < -0.4 is 10.2 Å². The number of hydrogen-bond donors (Lipinski definition) is 1. The number of amides is 3. The van der Waals surface area contributed by atoms with Gasteiger partial charge < -0.3 is 0 Å². The Morgan fingerprint density at radius 3 is 2.66 bits per heavy atom. The average Bonchev–Trinajstić information content (AvgIpc) is 3.31. The Morgan fingerprint density at radius 2 is 1.93 bits per heavy atom. The zero-order valence-corrected chi connectivity index (χ0v) is 17.1. The summed E-state index contributed by atoms with van der Waals surface area (Å²) < 4.78 is 0. The van der Waals surface area contributed by atoms with Crippen molar-refractivity contribution in [1.29, 1.82) is 0 Å². The summed E-state index contributed by atoms with van der Waals surface area (Å²) in [7, 11) is 0. The van der Waals surface area contributed by atoms with E-state index in [4.69, 9.17) is 0 Å². The van der Waals surface area contributed by atoms with Gasteiger partial charge in [0, 0.05) is 22.9 Å². The van der Waals surface area contributed by atoms with Gasteiger partial charge in [0.1, 0.15) is 0 Å². The third-order valence-corrected chi connectivity index (χ3v) is 6.40. The van der Waals surface area contributed by atoms with Crippen LogP contribution in [0.3, 0.4) is 0 Å². The molecule has 0 saturated carbocycles. The lowest BCUT2D eigenvalue weighted by molar-refractivity contribution is -0.121. The predicted molar refractivity (Wildman–Crippen MR) is 114 cm³/mol. The minimum atomic E-state index is -0.572. The van der Waals surface area contributed by atoms with Crippen LogP contribution in [0.25, 0.3) is 0 Å². The van der Waals surface area contributed by atoms with Crippen LogP contribution in [0, 0.1) is 6.92 Å². The molecule has 1 saturated heterocycles. The van der Waals surface area contributed by atoms with E-state index in [0.717, 1.165) is 5.56 Å². The number of carbonyl (C=O) groups excluding carboxylic acids is 3. The van der Waals surface area contributed by atoms with E-state index in [0.29, 0.717) is 21.3 Å². The molecule has 0 radical (unpaired) electrons. The van der Waals surface area contributed by atoms with Gasteiger partial charge in [0.2, 0.25) is 11.8 Å². The number of benzene rings is 2. The van der Waals surface area contributed by atoms with Crippen molar-refractivity contribution >= 4 is 51.6 Å². The molecule has 1 aliphatic heterocycles. The predicted octanol–water partition coefficient (Wildman–Crippen LogP) is 4.13. The van der Waals surface area contributed by atoms with Crippen molar-refractivity contribution in [3.63, 3.8) is 0 Å². The van der Waals surface area contributed by atoms with Gasteiger partial charge in [-0.05, 0) is 31.2 Å². The van der Waals surface area contributed by atoms with Crippen LogP contribution >= 0.6 is 23.1 Å². The van der Waals surface area contributed by atoms with Crippen molar-refractivity contribution in [3.05, 3.63) is 71.2 Å². The number of anilines is 2. The molecule has 2 heterocycles. The summed E-state index contributed by atoms with van der Waals surface area (Å²) >= 11 is 2.57. The number of rotatable bonds is 5. The third kappa shape index (κ3) is 4.08. The second-order valence-corrected chi connectivity index (χ2v) is 8.64. The Labute approximate surface area is 176 Å². The van der Waals surface area contributed by atoms with Crippen LogP contribution in [-0.2, 0) is 9.59 Å². The minimum absolute atomic E-state index is 0.0970. The molecule has 0 aliphatic carbocycles. The fourth-order valence-corrected chi connectivity index (χ4v) is 4.73. The summed E-state index contributed by atoms with van der Waals surface area (Å²) in [6, 6.07) is 14.3. The average molecular weight is 424 g/mol. The van der Waals surface area contributed by atoms with Gasteiger partial charge in [-0.1, -0.05) is 29.8 Å². The van der Waals surface area contributed by atoms with E-state index in [1.54, 1.807) is 41.9 Å². The number of imide groups is 1. The maximum atomic E-state index is 12.9. The molecule has 8 heteroatoms. The van der Waals surface area contributed by atoms with E-state index in [-0.39, 0.29) is 24.1 Å². The highest BCUT2D eigenvalue weighted by Gasteiger charge is 2.40. The number of nitrogens with zero attached hydrogens (tertiary/aromatic N) is 2. The van der Waals surface area contributed by atoms with Gasteiger partial charge in [-0.15, -0.1) is 23.1 Å². The largest absolute Gasteiger partial charge is 0.298 e. The van der Waals surface area contributed by atoms with Crippen LogP contribution in [0.2, 0.25) is 0 Å². The van der Waals surface area contributed by atoms with E-state index in [1.807, 2.05) is 25.1 Å². The molecule has 1 atom stereocenters. The Balaban J connectivity index is 1.54. The molecule has 1 aliphatic rings. The van der Waals surface area contributed by atoms with Gasteiger partial charge in [-0.2, -0.15) is 0 Å². The van der Waals surface area contributed by atoms with Gasteiger partial charge in [-0.3, -0.25) is 19.7 Å². The Hall–Kier alpha value is -2.97. The Bertz CT molecular complexity index is 1070. The molecule has 0 spiro atoms. The van der Waals surface area contributed by atoms with Crippen molar-refractivity contribution in [3.8, 4) is 0 Å². The second-order valence-electron chi connectivity index (χ2n) is 6.50. The SMILES string of the molecule is Cc1ccc(N2C(=O)CC(Sc3ccccc3C(=O)Nc3nccs3)C2=O)cc1. The van der Waals surface area contributed by atoms with Gasteiger partial charge in [-0.25, -0.2) is 9.88 Å². The molecule has 1 aromatic heterocycles. The standard InChI is InChI=1S/C21H17N3O3S2/c1-13-6-8-14(9-7-13)24-18(25)12-17(20(24)27)29-16-5-3-2-4-15(16)19(26)23-21-22-10-11-28-21/h2-11,17H,12H2,1H3,(H,22,23,26). The summed E-state index contributed by atoms with van der Waals surface area (Å²) in [5.74, 6) is -0.796. The molecule has 4 rings (SSSR count). The summed E-state index contributed by atoms with van der Waals surface area (Å²) in [5.41, 5.74) is 2.07. The van der Waals surface area contributed by atoms with Gasteiger partial charge >= 0.3 is 0 Å². The molecule has 1 N–H and O–H groups in total. The zero-order chi connectivity index (χ0) is 20.4. The van der Waals surface area contributed by atoms with Gasteiger partial charge in [0.05, 0.1) is 16.5 Å². The number of thioether (sulfide) groups is 1. The van der Waals surface area contributed by atoms with E-state index >= 15 is 0 Å². The molecule has 1 unspecified atom stereocenters. The van der Waals surface area contributed by atoms with E-state index in [1.165, 1.54) is 28.0 Å². The van der Waals surface area contributed by atoms with Crippen LogP contribution in [0.4, 0.5) is 10.8 Å². The highest BCUT2D eigenvalue weighted by atomic mass is 32.2. The van der Waals surface area contributed by atoms with Crippen molar-refractivity contribution in [2.45, 2.75) is 23.5 Å². The monoisotopic (exact) mass is 423 g/mol. The number of thiazole rings is 1. The van der Waals surface area contributed by atoms with Gasteiger partial charge in [0.15, 0.2) is 5.13 Å². The maximum Gasteiger partial charge on any atom is 0.258 e. The number of nitrogens with one attached hydrogen (secondary N) is 1. The van der Waals surface area contributed by atoms with Gasteiger partial charge in [0.25, 0.3) is 5.91 Å². The quantitative estimate of drug-likeness (QED) is 0.624. The van der Waals surface area contributed by atoms with Crippen LogP contribution in [0.15, 0.2) is 65.0 Å². The molecule has 2 aromatic carbocycles. The van der Waals surface area contributed by atoms with E-state index < -0.39 is 5.25 Å². The molecular formula is C21H17N3O3S2. The van der Waals surface area contributed by atoms with Crippen LogP contribution in [0.5, 0.6) is 0 Å². The fraction of sp³-hybridized carbons (Fsp3) is 0.143. The number of carbonyl (C=O) groups is 3. The maximum absolute atomic E-state index is 12.9. The third-order valence-electron chi connectivity index (χ3n) is 4.45. The molecular weight excluding hydrogens is 406 g/mol. The van der Waals surface area contributed by atoms with E-state index in [2.05, 4.69) is 10.3 Å². The summed E-state index contributed by atoms with van der Waals surface area (Å²) in [6.07, 6.45) is 1.71. The first-order valence-corrected chi connectivity index (χ1v) is 10.7. The lowest BCUT2D eigenvalue weighted by Crippen LogP contribution is -2.31. The molecule has 6 nitrogen and oxygen atoms in total. The summed E-state index contributed by atoms with van der Waals surface area (Å²) in [5, 5.41) is 4.47. The van der Waals surface area contributed by atoms with E-state index in [9.17, 15) is 14.4 Å². The minimum Gasteiger partial charge on any atom is -0.298 e. The van der Waals surface area contributed by atoms with Crippen LogP contribution in [0.1, 0.15) is 22.3 Å². The van der Waals surface area contributed by atoms with Crippen molar-refractivity contribution in [1.82, 2.24) is 4.98 Å². The Morgan fingerprint density at radius 1 is 1.17 bits per heavy atom. The van der Waals surface area contributed by atoms with Crippen molar-refractivity contribution in [2.75, 3.05) is 10.2 Å². The van der Waals surface area contributed by atoms with Crippen LogP contribution in [-0.4, -0.2) is 28.0 Å². The second kappa shape index (κ2) is 8.18. The first-order chi connectivity index (χ1) is 14.0. The highest BCUT2D eigenvalue weighted by molar-refractivity contribution is 8.00. The smallest absolute Gasteiger partial charge is 0.258 e. The first-order valence-electron chi connectivity index (χ1n) is 8.93. The first kappa shape index (κ1) is 19.4. The topological polar surface area (TPSA) is 79.4 Å².